The molecule has 0 saturated carbocycles. The molecule has 1 fully saturated rings. The minimum Gasteiger partial charge on any atom is -0.348 e. The van der Waals surface area contributed by atoms with E-state index in [2.05, 4.69) is 26.4 Å². The molecule has 37 heavy (non-hydrogen) atoms. The van der Waals surface area contributed by atoms with Crippen molar-refractivity contribution in [1.82, 2.24) is 34.6 Å². The number of nitrogens with one attached hydrogen (secondary N) is 1. The topological polar surface area (TPSA) is 107 Å². The van der Waals surface area contributed by atoms with Gasteiger partial charge in [0, 0.05) is 45.4 Å². The van der Waals surface area contributed by atoms with Gasteiger partial charge in [0.05, 0.1) is 29.6 Å². The summed E-state index contributed by atoms with van der Waals surface area (Å²) in [5.74, 6) is 0.272. The Morgan fingerprint density at radius 2 is 2.00 bits per heavy atom. The summed E-state index contributed by atoms with van der Waals surface area (Å²) in [5, 5.41) is 21.0. The van der Waals surface area contributed by atoms with Crippen molar-refractivity contribution < 1.29 is 9.18 Å². The molecule has 10 nitrogen and oxygen atoms in total. The van der Waals surface area contributed by atoms with Crippen molar-refractivity contribution in [3.05, 3.63) is 65.0 Å². The molecule has 11 heteroatoms. The van der Waals surface area contributed by atoms with Crippen molar-refractivity contribution in [1.29, 1.82) is 5.26 Å². The third-order valence-corrected chi connectivity index (χ3v) is 6.70. The van der Waals surface area contributed by atoms with Crippen molar-refractivity contribution in [3.63, 3.8) is 0 Å². The van der Waals surface area contributed by atoms with Gasteiger partial charge in [0.25, 0.3) is 5.91 Å². The number of hydrogen-bond acceptors (Lipinski definition) is 7. The van der Waals surface area contributed by atoms with Crippen LogP contribution in [0.15, 0.2) is 42.6 Å². The van der Waals surface area contributed by atoms with Crippen LogP contribution in [0.2, 0.25) is 0 Å². The molecule has 5 rings (SSSR count). The standard InChI is InChI=1S/C26H28FN9O/c1-17-14-30-34(3)25(17)21-10-23-31-22(26(37)29-15-19-6-4-18(13-28)5-7-19)11-24(36(23)32-21)35-9-8-33(2)16-20(35)12-27/h4-7,10-11,14,20H,8-9,12,15-16H2,1-3H3,(H,29,37)/t20-/m1/s1. The van der Waals surface area contributed by atoms with Crippen LogP contribution in [0.25, 0.3) is 17.0 Å². The van der Waals surface area contributed by atoms with Crippen molar-refractivity contribution in [3.8, 4) is 17.5 Å². The fourth-order valence-electron chi connectivity index (χ4n) is 4.72. The molecule has 1 aromatic carbocycles. The highest BCUT2D eigenvalue weighted by molar-refractivity contribution is 5.93. The summed E-state index contributed by atoms with van der Waals surface area (Å²) in [6, 6.07) is 12.2. The number of aryl methyl sites for hydroxylation is 2. The van der Waals surface area contributed by atoms with E-state index in [1.54, 1.807) is 45.7 Å². The van der Waals surface area contributed by atoms with Gasteiger partial charge in [-0.25, -0.2) is 9.37 Å². The summed E-state index contributed by atoms with van der Waals surface area (Å²) >= 11 is 0. The molecule has 4 aromatic rings. The highest BCUT2D eigenvalue weighted by Crippen LogP contribution is 2.27. The molecule has 0 radical (unpaired) electrons. The molecule has 3 aromatic heterocycles. The number of halogens is 1. The lowest BCUT2D eigenvalue weighted by Crippen LogP contribution is -2.53. The first-order chi connectivity index (χ1) is 17.9. The van der Waals surface area contributed by atoms with Gasteiger partial charge in [-0.1, -0.05) is 12.1 Å². The van der Waals surface area contributed by atoms with Gasteiger partial charge in [-0.05, 0) is 37.2 Å². The summed E-state index contributed by atoms with van der Waals surface area (Å²) in [4.78, 5) is 21.9. The van der Waals surface area contributed by atoms with Crippen LogP contribution in [0.5, 0.6) is 0 Å². The first kappa shape index (κ1) is 24.4. The second kappa shape index (κ2) is 9.99. The highest BCUT2D eigenvalue weighted by atomic mass is 19.1. The van der Waals surface area contributed by atoms with E-state index in [1.165, 1.54) is 0 Å². The maximum absolute atomic E-state index is 14.1. The van der Waals surface area contributed by atoms with Gasteiger partial charge < -0.3 is 15.1 Å². The Morgan fingerprint density at radius 1 is 1.22 bits per heavy atom. The molecule has 1 amide bonds. The number of alkyl halides is 1. The number of nitrogens with zero attached hydrogens (tertiary/aromatic N) is 8. The number of piperazine rings is 1. The minimum atomic E-state index is -0.524. The van der Waals surface area contributed by atoms with Crippen LogP contribution in [0.3, 0.4) is 0 Å². The summed E-state index contributed by atoms with van der Waals surface area (Å²) in [7, 11) is 3.82. The molecular weight excluding hydrogens is 473 g/mol. The largest absolute Gasteiger partial charge is 0.348 e. The molecule has 4 heterocycles. The average molecular weight is 502 g/mol. The van der Waals surface area contributed by atoms with Crippen molar-refractivity contribution >= 4 is 17.4 Å². The number of aromatic nitrogens is 5. The van der Waals surface area contributed by atoms with E-state index in [9.17, 15) is 9.18 Å². The van der Waals surface area contributed by atoms with Gasteiger partial charge in [-0.3, -0.25) is 9.48 Å². The van der Waals surface area contributed by atoms with Gasteiger partial charge in [-0.15, -0.1) is 0 Å². The molecule has 1 N–H and O–H groups in total. The Labute approximate surface area is 213 Å². The number of carbonyl (C=O) groups excluding carboxylic acids is 1. The number of benzene rings is 1. The minimum absolute atomic E-state index is 0.223. The number of anilines is 1. The number of nitriles is 1. The second-order valence-electron chi connectivity index (χ2n) is 9.35. The number of rotatable bonds is 6. The zero-order chi connectivity index (χ0) is 26.1. The Morgan fingerprint density at radius 3 is 2.68 bits per heavy atom. The van der Waals surface area contributed by atoms with E-state index >= 15 is 0 Å². The quantitative estimate of drug-likeness (QED) is 0.432. The van der Waals surface area contributed by atoms with E-state index in [4.69, 9.17) is 10.4 Å². The van der Waals surface area contributed by atoms with Crippen LogP contribution in [0.4, 0.5) is 10.2 Å². The number of likely N-dealkylation sites (N-methyl/N-ethyl adjacent to an activating group) is 1. The molecule has 1 atom stereocenters. The number of carbonyl (C=O) groups is 1. The zero-order valence-corrected chi connectivity index (χ0v) is 21.0. The van der Waals surface area contributed by atoms with Gasteiger partial charge in [0.15, 0.2) is 5.65 Å². The lowest BCUT2D eigenvalue weighted by atomic mass is 10.1. The smallest absolute Gasteiger partial charge is 0.270 e. The van der Waals surface area contributed by atoms with Crippen LogP contribution in [0, 0.1) is 18.3 Å². The van der Waals surface area contributed by atoms with E-state index in [0.29, 0.717) is 35.8 Å². The van der Waals surface area contributed by atoms with Gasteiger partial charge in [0.1, 0.15) is 23.9 Å². The average Bonchev–Trinajstić information content (AvgIpc) is 3.48. The van der Waals surface area contributed by atoms with Crippen LogP contribution < -0.4 is 10.2 Å². The maximum atomic E-state index is 14.1. The predicted molar refractivity (Wildman–Crippen MR) is 137 cm³/mol. The summed E-state index contributed by atoms with van der Waals surface area (Å²) in [5.41, 5.74) is 4.63. The molecule has 0 aliphatic carbocycles. The van der Waals surface area contributed by atoms with Crippen LogP contribution in [-0.2, 0) is 13.6 Å². The molecule has 0 unspecified atom stereocenters. The first-order valence-corrected chi connectivity index (χ1v) is 12.1. The van der Waals surface area contributed by atoms with Crippen LogP contribution in [-0.4, -0.2) is 74.6 Å². The molecule has 0 spiro atoms. The fraction of sp³-hybridized carbons (Fsp3) is 0.346. The van der Waals surface area contributed by atoms with Gasteiger partial charge in [0.2, 0.25) is 0 Å². The Kier molecular flexibility index (Phi) is 6.58. The SMILES string of the molecule is Cc1cnn(C)c1-c1cc2nc(C(=O)NCc3ccc(C#N)cc3)cc(N3CCN(C)C[C@H]3CF)n2n1. The van der Waals surface area contributed by atoms with Crippen molar-refractivity contribution in [2.45, 2.75) is 19.5 Å². The molecular formula is C26H28FN9O. The third-order valence-electron chi connectivity index (χ3n) is 6.70. The van der Waals surface area contributed by atoms with Crippen LogP contribution in [0.1, 0.15) is 27.2 Å². The third kappa shape index (κ3) is 4.75. The van der Waals surface area contributed by atoms with Gasteiger partial charge >= 0.3 is 0 Å². The predicted octanol–water partition coefficient (Wildman–Crippen LogP) is 2.33. The van der Waals surface area contributed by atoms with E-state index < -0.39 is 6.67 Å². The van der Waals surface area contributed by atoms with E-state index in [-0.39, 0.29) is 24.2 Å². The van der Waals surface area contributed by atoms with Crippen molar-refractivity contribution in [2.24, 2.45) is 7.05 Å². The Balaban J connectivity index is 1.53. The van der Waals surface area contributed by atoms with Crippen LogP contribution >= 0.6 is 0 Å². The lowest BCUT2D eigenvalue weighted by Gasteiger charge is -2.40. The Bertz CT molecular complexity index is 1460. The molecule has 1 aliphatic heterocycles. The first-order valence-electron chi connectivity index (χ1n) is 12.1. The summed E-state index contributed by atoms with van der Waals surface area (Å²) in [6.07, 6.45) is 1.77. The number of amides is 1. The maximum Gasteiger partial charge on any atom is 0.270 e. The molecule has 190 valence electrons. The molecule has 1 aliphatic rings. The number of hydrogen-bond donors (Lipinski definition) is 1. The normalized spacial score (nSPS) is 16.2. The van der Waals surface area contributed by atoms with Crippen molar-refractivity contribution in [2.75, 3.05) is 38.3 Å². The van der Waals surface area contributed by atoms with E-state index in [1.807, 2.05) is 32.0 Å². The summed E-state index contributed by atoms with van der Waals surface area (Å²) in [6.45, 7) is 3.64. The lowest BCUT2D eigenvalue weighted by molar-refractivity contribution is 0.0946. The zero-order valence-electron chi connectivity index (χ0n) is 21.0. The monoisotopic (exact) mass is 501 g/mol. The molecule has 0 bridgehead atoms. The second-order valence-corrected chi connectivity index (χ2v) is 9.35. The molecule has 1 saturated heterocycles. The highest BCUT2D eigenvalue weighted by Gasteiger charge is 2.29. The van der Waals surface area contributed by atoms with Gasteiger partial charge in [-0.2, -0.15) is 20.0 Å². The van der Waals surface area contributed by atoms with E-state index in [0.717, 1.165) is 23.4 Å². The fourth-order valence-corrected chi connectivity index (χ4v) is 4.72. The Hall–Kier alpha value is -4.30. The summed E-state index contributed by atoms with van der Waals surface area (Å²) < 4.78 is 17.6. The number of fused-ring (bicyclic) bond motifs is 1.